The summed E-state index contributed by atoms with van der Waals surface area (Å²) in [7, 11) is 0. The highest BCUT2D eigenvalue weighted by molar-refractivity contribution is 6.48. The largest absolute Gasteiger partial charge is 0.350 e. The first-order valence-corrected chi connectivity index (χ1v) is 11.3. The molecule has 2 N–H and O–H groups in total. The quantitative estimate of drug-likeness (QED) is 0.618. The molecule has 32 heavy (non-hydrogen) atoms. The van der Waals surface area contributed by atoms with Gasteiger partial charge in [-0.15, -0.1) is 0 Å². The molecule has 6 nitrogen and oxygen atoms in total. The van der Waals surface area contributed by atoms with Crippen LogP contribution in [0.3, 0.4) is 0 Å². The number of benzene rings is 2. The normalized spacial score (nSPS) is 17.2. The first-order chi connectivity index (χ1) is 15.3. The van der Waals surface area contributed by atoms with Crippen molar-refractivity contribution in [2.45, 2.75) is 52.0 Å². The Morgan fingerprint density at radius 3 is 2.41 bits per heavy atom. The van der Waals surface area contributed by atoms with Crippen molar-refractivity contribution >= 4 is 40.7 Å². The molecule has 0 spiro atoms. The SMILES string of the molecule is Cc1ccc(NC(=O)c2cccc(NC3=C(Cl)C(=O)N(C4CCCCC4)C3=O)c2)cc1C. The van der Waals surface area contributed by atoms with Gasteiger partial charge in [0, 0.05) is 23.0 Å². The van der Waals surface area contributed by atoms with E-state index in [0.717, 1.165) is 43.2 Å². The molecule has 166 valence electrons. The van der Waals surface area contributed by atoms with Gasteiger partial charge in [0.25, 0.3) is 17.7 Å². The van der Waals surface area contributed by atoms with E-state index in [-0.39, 0.29) is 22.7 Å². The summed E-state index contributed by atoms with van der Waals surface area (Å²) in [5.74, 6) is -1.12. The topological polar surface area (TPSA) is 78.5 Å². The van der Waals surface area contributed by atoms with E-state index in [2.05, 4.69) is 10.6 Å². The van der Waals surface area contributed by atoms with E-state index in [0.29, 0.717) is 16.9 Å². The molecule has 1 heterocycles. The van der Waals surface area contributed by atoms with Crippen LogP contribution >= 0.6 is 11.6 Å². The highest BCUT2D eigenvalue weighted by atomic mass is 35.5. The summed E-state index contributed by atoms with van der Waals surface area (Å²) < 4.78 is 0. The van der Waals surface area contributed by atoms with Crippen molar-refractivity contribution in [3.05, 3.63) is 69.9 Å². The number of amides is 3. The molecule has 1 aliphatic carbocycles. The van der Waals surface area contributed by atoms with Crippen LogP contribution in [-0.2, 0) is 9.59 Å². The Hall–Kier alpha value is -3.12. The van der Waals surface area contributed by atoms with Gasteiger partial charge in [0.2, 0.25) is 0 Å². The van der Waals surface area contributed by atoms with E-state index >= 15 is 0 Å². The Kier molecular flexibility index (Phi) is 6.33. The monoisotopic (exact) mass is 451 g/mol. The maximum Gasteiger partial charge on any atom is 0.279 e. The van der Waals surface area contributed by atoms with Gasteiger partial charge in [0.15, 0.2) is 0 Å². The Morgan fingerprint density at radius 1 is 0.938 bits per heavy atom. The summed E-state index contributed by atoms with van der Waals surface area (Å²) in [4.78, 5) is 39.7. The second-order valence-corrected chi connectivity index (χ2v) is 8.80. The van der Waals surface area contributed by atoms with Crippen molar-refractivity contribution < 1.29 is 14.4 Å². The number of nitrogens with zero attached hydrogens (tertiary/aromatic N) is 1. The van der Waals surface area contributed by atoms with Crippen molar-refractivity contribution in [2.75, 3.05) is 10.6 Å². The number of rotatable bonds is 5. The minimum Gasteiger partial charge on any atom is -0.350 e. The minimum atomic E-state index is -0.449. The minimum absolute atomic E-state index is 0.0638. The maximum atomic E-state index is 13.0. The lowest BCUT2D eigenvalue weighted by atomic mass is 9.94. The van der Waals surface area contributed by atoms with E-state index in [1.54, 1.807) is 24.3 Å². The van der Waals surface area contributed by atoms with E-state index in [4.69, 9.17) is 11.6 Å². The number of halogens is 1. The zero-order valence-electron chi connectivity index (χ0n) is 18.2. The van der Waals surface area contributed by atoms with Gasteiger partial charge >= 0.3 is 0 Å². The molecule has 0 unspecified atom stereocenters. The summed E-state index contributed by atoms with van der Waals surface area (Å²) >= 11 is 6.25. The van der Waals surface area contributed by atoms with Crippen molar-refractivity contribution in [1.29, 1.82) is 0 Å². The Labute approximate surface area is 192 Å². The van der Waals surface area contributed by atoms with E-state index in [1.807, 2.05) is 32.0 Å². The third kappa shape index (κ3) is 4.41. The predicted molar refractivity (Wildman–Crippen MR) is 126 cm³/mol. The molecule has 0 saturated heterocycles. The van der Waals surface area contributed by atoms with Crippen LogP contribution in [0.4, 0.5) is 11.4 Å². The van der Waals surface area contributed by atoms with Gasteiger partial charge in [-0.1, -0.05) is 43.0 Å². The van der Waals surface area contributed by atoms with Crippen LogP contribution in [0.15, 0.2) is 53.2 Å². The fourth-order valence-corrected chi connectivity index (χ4v) is 4.42. The first kappa shape index (κ1) is 22.1. The van der Waals surface area contributed by atoms with Gasteiger partial charge in [0.05, 0.1) is 0 Å². The molecule has 0 aromatic heterocycles. The number of carbonyl (C=O) groups is 3. The van der Waals surface area contributed by atoms with E-state index in [9.17, 15) is 14.4 Å². The maximum absolute atomic E-state index is 13.0. The van der Waals surface area contributed by atoms with Crippen molar-refractivity contribution in [3.63, 3.8) is 0 Å². The molecule has 3 amide bonds. The molecule has 2 aromatic rings. The standard InChI is InChI=1S/C25H26ClN3O3/c1-15-11-12-19(13-16(15)2)28-23(30)17-7-6-8-18(14-17)27-22-21(26)24(31)29(25(22)32)20-9-4-3-5-10-20/h6-8,11-14,20,27H,3-5,9-10H2,1-2H3,(H,28,30). The molecule has 0 atom stereocenters. The lowest BCUT2D eigenvalue weighted by Crippen LogP contribution is -2.42. The number of hydrogen-bond donors (Lipinski definition) is 2. The summed E-state index contributed by atoms with van der Waals surface area (Å²) in [6, 6.07) is 12.4. The molecule has 1 aliphatic heterocycles. The van der Waals surface area contributed by atoms with Crippen LogP contribution in [0.2, 0.25) is 0 Å². The van der Waals surface area contributed by atoms with Gasteiger partial charge in [-0.05, 0) is 68.1 Å². The number of nitrogens with one attached hydrogen (secondary N) is 2. The molecule has 1 fully saturated rings. The van der Waals surface area contributed by atoms with Crippen LogP contribution in [0.5, 0.6) is 0 Å². The number of hydrogen-bond acceptors (Lipinski definition) is 4. The summed E-state index contributed by atoms with van der Waals surface area (Å²) in [5.41, 5.74) is 3.95. The highest BCUT2D eigenvalue weighted by Gasteiger charge is 2.42. The van der Waals surface area contributed by atoms with E-state index < -0.39 is 11.8 Å². The van der Waals surface area contributed by atoms with Crippen LogP contribution in [0, 0.1) is 13.8 Å². The summed E-state index contributed by atoms with van der Waals surface area (Å²) in [6.45, 7) is 4.00. The van der Waals surface area contributed by atoms with Gasteiger partial charge < -0.3 is 10.6 Å². The second-order valence-electron chi connectivity index (χ2n) is 8.42. The van der Waals surface area contributed by atoms with Gasteiger partial charge in [-0.3, -0.25) is 19.3 Å². The third-order valence-corrected chi connectivity index (χ3v) is 6.51. The van der Waals surface area contributed by atoms with Gasteiger partial charge in [-0.2, -0.15) is 0 Å². The zero-order valence-corrected chi connectivity index (χ0v) is 19.0. The molecular formula is C25H26ClN3O3. The van der Waals surface area contributed by atoms with Gasteiger partial charge in [-0.25, -0.2) is 0 Å². The van der Waals surface area contributed by atoms with Crippen molar-refractivity contribution in [2.24, 2.45) is 0 Å². The Balaban J connectivity index is 1.49. The molecule has 4 rings (SSSR count). The third-order valence-electron chi connectivity index (χ3n) is 6.16. The highest BCUT2D eigenvalue weighted by Crippen LogP contribution is 2.32. The smallest absolute Gasteiger partial charge is 0.279 e. The fourth-order valence-electron chi connectivity index (χ4n) is 4.20. The van der Waals surface area contributed by atoms with Crippen LogP contribution in [-0.4, -0.2) is 28.7 Å². The number of imide groups is 1. The number of carbonyl (C=O) groups excluding carboxylic acids is 3. The lowest BCUT2D eigenvalue weighted by molar-refractivity contribution is -0.140. The predicted octanol–water partition coefficient (Wildman–Crippen LogP) is 5.12. The Bertz CT molecular complexity index is 1120. The number of anilines is 2. The molecule has 0 bridgehead atoms. The molecule has 7 heteroatoms. The second kappa shape index (κ2) is 9.17. The molecule has 2 aliphatic rings. The zero-order chi connectivity index (χ0) is 22.8. The molecule has 1 saturated carbocycles. The average molecular weight is 452 g/mol. The summed E-state index contributed by atoms with van der Waals surface area (Å²) in [5, 5.41) is 5.75. The van der Waals surface area contributed by atoms with Crippen LogP contribution in [0.1, 0.15) is 53.6 Å². The lowest BCUT2D eigenvalue weighted by Gasteiger charge is -2.29. The molecule has 2 aromatic carbocycles. The fraction of sp³-hybridized carbons (Fsp3) is 0.320. The average Bonchev–Trinajstić information content (AvgIpc) is 3.00. The Morgan fingerprint density at radius 2 is 1.69 bits per heavy atom. The number of aryl methyl sites for hydroxylation is 2. The van der Waals surface area contributed by atoms with Crippen molar-refractivity contribution in [1.82, 2.24) is 4.90 Å². The van der Waals surface area contributed by atoms with Crippen LogP contribution in [0.25, 0.3) is 0 Å². The summed E-state index contributed by atoms with van der Waals surface area (Å²) in [6.07, 6.45) is 4.74. The van der Waals surface area contributed by atoms with Crippen molar-refractivity contribution in [3.8, 4) is 0 Å². The van der Waals surface area contributed by atoms with Gasteiger partial charge in [0.1, 0.15) is 10.7 Å². The van der Waals surface area contributed by atoms with Crippen LogP contribution < -0.4 is 10.6 Å². The molecular weight excluding hydrogens is 426 g/mol. The van der Waals surface area contributed by atoms with E-state index in [1.165, 1.54) is 4.90 Å². The molecule has 0 radical (unpaired) electrons. The first-order valence-electron chi connectivity index (χ1n) is 10.9.